The Morgan fingerprint density at radius 2 is 1.78 bits per heavy atom. The number of nitrogens with one attached hydrogen (secondary N) is 1. The molecule has 4 aromatic rings. The highest BCUT2D eigenvalue weighted by molar-refractivity contribution is 5.92. The molecule has 0 aliphatic rings. The van der Waals surface area contributed by atoms with Gasteiger partial charge in [0.05, 0.1) is 36.2 Å². The summed E-state index contributed by atoms with van der Waals surface area (Å²) in [6, 6.07) is 15.4. The van der Waals surface area contributed by atoms with Crippen molar-refractivity contribution in [3.05, 3.63) is 100 Å². The molecule has 2 aromatic heterocycles. The molecule has 0 saturated carbocycles. The van der Waals surface area contributed by atoms with E-state index in [2.05, 4.69) is 15.0 Å². The maximum Gasteiger partial charge on any atom is 0.573 e. The molecule has 0 aliphatic heterocycles. The van der Waals surface area contributed by atoms with Crippen LogP contribution >= 0.6 is 0 Å². The molecule has 0 radical (unpaired) electrons. The number of pyridine rings is 1. The number of halogens is 3. The van der Waals surface area contributed by atoms with Gasteiger partial charge in [0.1, 0.15) is 5.75 Å². The van der Waals surface area contributed by atoms with Crippen molar-refractivity contribution in [1.29, 1.82) is 0 Å². The van der Waals surface area contributed by atoms with E-state index in [1.165, 1.54) is 36.0 Å². The minimum Gasteiger partial charge on any atom is -0.493 e. The predicted octanol–water partition coefficient (Wildman–Crippen LogP) is 4.18. The molecule has 36 heavy (non-hydrogen) atoms. The fourth-order valence-corrected chi connectivity index (χ4v) is 3.67. The lowest BCUT2D eigenvalue weighted by Crippen LogP contribution is -2.25. The summed E-state index contributed by atoms with van der Waals surface area (Å²) < 4.78 is 43.4. The Labute approximate surface area is 203 Å². The van der Waals surface area contributed by atoms with Crippen LogP contribution in [0.15, 0.2) is 77.9 Å². The minimum absolute atomic E-state index is 0.00393. The maximum absolute atomic E-state index is 13.2. The van der Waals surface area contributed by atoms with Crippen molar-refractivity contribution in [2.24, 2.45) is 0 Å². The van der Waals surface area contributed by atoms with Crippen LogP contribution in [-0.4, -0.2) is 31.5 Å². The van der Waals surface area contributed by atoms with Gasteiger partial charge in [0.25, 0.3) is 0 Å². The van der Waals surface area contributed by atoms with E-state index in [4.69, 9.17) is 0 Å². The first-order chi connectivity index (χ1) is 17.1. The van der Waals surface area contributed by atoms with Crippen LogP contribution in [0, 0.1) is 6.92 Å². The van der Waals surface area contributed by atoms with Crippen LogP contribution in [0.2, 0.25) is 0 Å². The zero-order valence-electron chi connectivity index (χ0n) is 19.0. The Kier molecular flexibility index (Phi) is 6.82. The number of hydrogen-bond donors (Lipinski definition) is 2. The number of imidazole rings is 1. The molecule has 0 bridgehead atoms. The second kappa shape index (κ2) is 9.98. The largest absolute Gasteiger partial charge is 0.573 e. The molecular formula is C25H21F3N4O4. The third-order valence-corrected chi connectivity index (χ3v) is 5.41. The van der Waals surface area contributed by atoms with E-state index < -0.39 is 17.8 Å². The summed E-state index contributed by atoms with van der Waals surface area (Å²) >= 11 is 0. The zero-order valence-corrected chi connectivity index (χ0v) is 19.0. The highest BCUT2D eigenvalue weighted by Crippen LogP contribution is 2.26. The van der Waals surface area contributed by atoms with E-state index >= 15 is 0 Å². The van der Waals surface area contributed by atoms with E-state index in [0.717, 1.165) is 22.3 Å². The molecule has 0 fully saturated rings. The number of rotatable bonds is 7. The highest BCUT2D eigenvalue weighted by atomic mass is 19.4. The molecule has 8 nitrogen and oxygen atoms in total. The van der Waals surface area contributed by atoms with Crippen LogP contribution in [0.4, 0.5) is 18.9 Å². The Hall–Kier alpha value is -4.54. The molecule has 0 saturated heterocycles. The number of aromatic nitrogens is 3. The van der Waals surface area contributed by atoms with Crippen LogP contribution in [0.5, 0.6) is 11.6 Å². The van der Waals surface area contributed by atoms with Gasteiger partial charge in [0.15, 0.2) is 0 Å². The van der Waals surface area contributed by atoms with Crippen molar-refractivity contribution in [3.8, 4) is 17.3 Å². The van der Waals surface area contributed by atoms with Gasteiger partial charge in [-0.2, -0.15) is 0 Å². The summed E-state index contributed by atoms with van der Waals surface area (Å²) in [5, 5.41) is 13.4. The molecule has 0 spiro atoms. The normalized spacial score (nSPS) is 11.3. The Morgan fingerprint density at radius 1 is 1.08 bits per heavy atom. The fourth-order valence-electron chi connectivity index (χ4n) is 3.67. The number of benzene rings is 2. The first kappa shape index (κ1) is 24.6. The summed E-state index contributed by atoms with van der Waals surface area (Å²) in [6.07, 6.45) is -1.72. The summed E-state index contributed by atoms with van der Waals surface area (Å²) in [4.78, 5) is 29.7. The first-order valence-corrected chi connectivity index (χ1v) is 10.8. The average molecular weight is 498 g/mol. The van der Waals surface area contributed by atoms with Gasteiger partial charge in [-0.1, -0.05) is 30.3 Å². The molecule has 4 rings (SSSR count). The number of nitrogens with zero attached hydrogens (tertiary/aromatic N) is 3. The van der Waals surface area contributed by atoms with Gasteiger partial charge in [0.2, 0.25) is 11.8 Å². The van der Waals surface area contributed by atoms with Gasteiger partial charge in [0, 0.05) is 6.20 Å². The third-order valence-electron chi connectivity index (χ3n) is 5.41. The van der Waals surface area contributed by atoms with Gasteiger partial charge in [-0.15, -0.1) is 13.2 Å². The van der Waals surface area contributed by atoms with E-state index in [9.17, 15) is 27.9 Å². The summed E-state index contributed by atoms with van der Waals surface area (Å²) in [7, 11) is 0. The molecule has 0 aliphatic carbocycles. The molecular weight excluding hydrogens is 477 g/mol. The van der Waals surface area contributed by atoms with E-state index in [1.807, 2.05) is 30.3 Å². The molecule has 2 heterocycles. The number of ether oxygens (including phenoxy) is 1. The van der Waals surface area contributed by atoms with Crippen LogP contribution in [0.1, 0.15) is 16.8 Å². The molecule has 11 heteroatoms. The Morgan fingerprint density at radius 3 is 2.44 bits per heavy atom. The van der Waals surface area contributed by atoms with Crippen LogP contribution in [0.3, 0.4) is 0 Å². The standard InChI is InChI=1S/C25H21F3N4O4/c1-16-23(34)32(19-7-9-20(10-8-19)36-25(26,27)28)24(35)31(16)15-18-11-12-29-14-21(18)30-22(33)13-17-5-3-2-4-6-17/h2-12,14,34H,13,15H2,1H3,(H,30,33). The average Bonchev–Trinajstić information content (AvgIpc) is 3.03. The lowest BCUT2D eigenvalue weighted by Gasteiger charge is -2.12. The van der Waals surface area contributed by atoms with Crippen LogP contribution in [-0.2, 0) is 17.8 Å². The van der Waals surface area contributed by atoms with Crippen molar-refractivity contribution < 1.29 is 27.8 Å². The molecule has 186 valence electrons. The quantitative estimate of drug-likeness (QED) is 0.399. The number of carbonyl (C=O) groups is 1. The number of alkyl halides is 3. The summed E-state index contributed by atoms with van der Waals surface area (Å²) in [5.74, 6) is -1.09. The van der Waals surface area contributed by atoms with Crippen molar-refractivity contribution in [1.82, 2.24) is 14.1 Å². The van der Waals surface area contributed by atoms with E-state index in [-0.39, 0.29) is 36.1 Å². The van der Waals surface area contributed by atoms with E-state index in [1.54, 1.807) is 6.07 Å². The minimum atomic E-state index is -4.85. The lowest BCUT2D eigenvalue weighted by atomic mass is 10.1. The van der Waals surface area contributed by atoms with Crippen molar-refractivity contribution >= 4 is 11.6 Å². The van der Waals surface area contributed by atoms with Gasteiger partial charge >= 0.3 is 12.1 Å². The molecule has 1 amide bonds. The molecule has 2 N–H and O–H groups in total. The second-order valence-electron chi connectivity index (χ2n) is 7.90. The van der Waals surface area contributed by atoms with Crippen molar-refractivity contribution in [3.63, 3.8) is 0 Å². The summed E-state index contributed by atoms with van der Waals surface area (Å²) in [5.41, 5.74) is 1.58. The fraction of sp³-hybridized carbons (Fsp3) is 0.160. The SMILES string of the molecule is Cc1c(O)n(-c2ccc(OC(F)(F)F)cc2)c(=O)n1Cc1ccncc1NC(=O)Cc1ccccc1. The number of anilines is 1. The van der Waals surface area contributed by atoms with Gasteiger partial charge in [-0.3, -0.25) is 14.3 Å². The zero-order chi connectivity index (χ0) is 25.9. The predicted molar refractivity (Wildman–Crippen MR) is 125 cm³/mol. The second-order valence-corrected chi connectivity index (χ2v) is 7.90. The van der Waals surface area contributed by atoms with Gasteiger partial charge in [-0.25, -0.2) is 9.36 Å². The van der Waals surface area contributed by atoms with Crippen molar-refractivity contribution in [2.45, 2.75) is 26.3 Å². The summed E-state index contributed by atoms with van der Waals surface area (Å²) in [6.45, 7) is 1.53. The molecule has 0 atom stereocenters. The number of aromatic hydroxyl groups is 1. The Bertz CT molecular complexity index is 1430. The van der Waals surface area contributed by atoms with E-state index in [0.29, 0.717) is 11.3 Å². The van der Waals surface area contributed by atoms with Gasteiger partial charge in [-0.05, 0) is 48.4 Å². The van der Waals surface area contributed by atoms with Crippen LogP contribution < -0.4 is 15.7 Å². The number of amides is 1. The first-order valence-electron chi connectivity index (χ1n) is 10.8. The topological polar surface area (TPSA) is 98.4 Å². The monoisotopic (exact) mass is 498 g/mol. The Balaban J connectivity index is 1.58. The smallest absolute Gasteiger partial charge is 0.493 e. The lowest BCUT2D eigenvalue weighted by molar-refractivity contribution is -0.274. The highest BCUT2D eigenvalue weighted by Gasteiger charge is 2.31. The van der Waals surface area contributed by atoms with Crippen LogP contribution in [0.25, 0.3) is 5.69 Å². The third kappa shape index (κ3) is 5.57. The number of carbonyl (C=O) groups excluding carboxylic acids is 1. The molecule has 0 unspecified atom stereocenters. The number of hydrogen-bond acceptors (Lipinski definition) is 5. The maximum atomic E-state index is 13.2. The van der Waals surface area contributed by atoms with Gasteiger partial charge < -0.3 is 15.2 Å². The van der Waals surface area contributed by atoms with Crippen molar-refractivity contribution in [2.75, 3.05) is 5.32 Å². The molecule has 2 aromatic carbocycles.